The minimum absolute atomic E-state index is 0.141. The fourth-order valence-corrected chi connectivity index (χ4v) is 3.51. The molecule has 0 aromatic carbocycles. The van der Waals surface area contributed by atoms with Gasteiger partial charge in [0, 0.05) is 6.42 Å². The number of unbranched alkanes of at least 4 members (excludes halogenated alkanes) is 2. The number of carbonyl (C=O) groups is 5. The van der Waals surface area contributed by atoms with Gasteiger partial charge in [-0.1, -0.05) is 13.8 Å². The lowest BCUT2D eigenvalue weighted by atomic mass is 10.0. The number of carboxylic acid groups (broad SMARTS) is 1. The lowest BCUT2D eigenvalue weighted by Gasteiger charge is -2.25. The molecule has 13 nitrogen and oxygen atoms in total. The third kappa shape index (κ3) is 14.6. The zero-order chi connectivity index (χ0) is 27.7. The maximum absolute atomic E-state index is 13.1. The Balaban J connectivity index is 5.53. The highest BCUT2D eigenvalue weighted by molar-refractivity contribution is 5.94. The highest BCUT2D eigenvalue weighted by Crippen LogP contribution is 2.08. The Kier molecular flexibility index (Phi) is 17.1. The van der Waals surface area contributed by atoms with Gasteiger partial charge >= 0.3 is 5.97 Å². The third-order valence-electron chi connectivity index (χ3n) is 5.52. The summed E-state index contributed by atoms with van der Waals surface area (Å²) < 4.78 is 0. The Hall–Kier alpha value is -2.77. The van der Waals surface area contributed by atoms with Crippen LogP contribution < -0.4 is 38.9 Å². The van der Waals surface area contributed by atoms with Crippen LogP contribution in [0.15, 0.2) is 0 Å². The molecule has 0 rings (SSSR count). The van der Waals surface area contributed by atoms with Crippen molar-refractivity contribution in [1.29, 1.82) is 0 Å². The second kappa shape index (κ2) is 18.5. The predicted octanol–water partition coefficient (Wildman–Crippen LogP) is -1.58. The molecule has 0 heterocycles. The van der Waals surface area contributed by atoms with E-state index in [0.29, 0.717) is 45.2 Å². The van der Waals surface area contributed by atoms with Gasteiger partial charge in [0.2, 0.25) is 23.6 Å². The number of amides is 4. The lowest BCUT2D eigenvalue weighted by molar-refractivity contribution is -0.142. The molecule has 4 unspecified atom stereocenters. The number of nitrogens with two attached hydrogens (primary N) is 4. The summed E-state index contributed by atoms with van der Waals surface area (Å²) in [6.45, 7) is 4.62. The summed E-state index contributed by atoms with van der Waals surface area (Å²) in [5.74, 6) is -3.67. The number of hydrogen-bond donors (Lipinski definition) is 8. The first-order valence-electron chi connectivity index (χ1n) is 12.5. The van der Waals surface area contributed by atoms with Crippen molar-refractivity contribution < 1.29 is 29.1 Å². The molecule has 0 bridgehead atoms. The second-order valence-electron chi connectivity index (χ2n) is 9.33. The van der Waals surface area contributed by atoms with Gasteiger partial charge in [-0.05, 0) is 70.4 Å². The molecule has 0 aliphatic rings. The summed E-state index contributed by atoms with van der Waals surface area (Å²) in [5.41, 5.74) is 22.1. The van der Waals surface area contributed by atoms with Gasteiger partial charge in [0.1, 0.15) is 18.1 Å². The zero-order valence-corrected chi connectivity index (χ0v) is 21.5. The monoisotopic (exact) mass is 515 g/mol. The van der Waals surface area contributed by atoms with E-state index in [1.807, 2.05) is 13.8 Å². The smallest absolute Gasteiger partial charge is 0.326 e. The van der Waals surface area contributed by atoms with E-state index in [-0.39, 0.29) is 31.6 Å². The number of carboxylic acids is 1. The van der Waals surface area contributed by atoms with Crippen molar-refractivity contribution in [1.82, 2.24) is 16.0 Å². The molecule has 0 radical (unpaired) electrons. The minimum Gasteiger partial charge on any atom is -0.480 e. The number of rotatable bonds is 20. The van der Waals surface area contributed by atoms with Crippen LogP contribution in [-0.4, -0.2) is 72.0 Å². The van der Waals surface area contributed by atoms with Crippen LogP contribution in [0.1, 0.15) is 71.6 Å². The molecular formula is C23H45N7O6. The minimum atomic E-state index is -1.24. The van der Waals surface area contributed by atoms with Crippen molar-refractivity contribution in [3.8, 4) is 0 Å². The van der Waals surface area contributed by atoms with Gasteiger partial charge in [-0.2, -0.15) is 0 Å². The maximum atomic E-state index is 13.1. The third-order valence-corrected chi connectivity index (χ3v) is 5.52. The van der Waals surface area contributed by atoms with Crippen molar-refractivity contribution in [3.05, 3.63) is 0 Å². The number of primary amides is 1. The number of nitrogens with one attached hydrogen (secondary N) is 3. The molecule has 4 amide bonds. The standard InChI is InChI=1S/C23H45N7O6/c1-14(2)13-15(26)20(32)28-16(7-3-5-11-24)21(33)29-17(9-10-19(27)31)22(34)30-18(23(35)36)8-4-6-12-25/h14-18H,3-13,24-26H2,1-2H3,(H2,27,31)(H,28,32)(H,29,33)(H,30,34)(H,35,36). The van der Waals surface area contributed by atoms with E-state index in [0.717, 1.165) is 0 Å². The Morgan fingerprint density at radius 2 is 1.17 bits per heavy atom. The normalized spacial score (nSPS) is 14.4. The largest absolute Gasteiger partial charge is 0.480 e. The van der Waals surface area contributed by atoms with Crippen molar-refractivity contribution in [2.45, 2.75) is 95.8 Å². The molecule has 4 atom stereocenters. The first-order valence-corrected chi connectivity index (χ1v) is 12.5. The number of carbonyl (C=O) groups excluding carboxylic acids is 4. The second-order valence-corrected chi connectivity index (χ2v) is 9.33. The average Bonchev–Trinajstić information content (AvgIpc) is 2.79. The van der Waals surface area contributed by atoms with Gasteiger partial charge in [-0.25, -0.2) is 4.79 Å². The maximum Gasteiger partial charge on any atom is 0.326 e. The Morgan fingerprint density at radius 1 is 0.722 bits per heavy atom. The van der Waals surface area contributed by atoms with Crippen molar-refractivity contribution in [3.63, 3.8) is 0 Å². The summed E-state index contributed by atoms with van der Waals surface area (Å²) in [6, 6.07) is -4.23. The molecule has 0 aliphatic heterocycles. The molecular weight excluding hydrogens is 470 g/mol. The van der Waals surface area contributed by atoms with Gasteiger partial charge in [-0.3, -0.25) is 19.2 Å². The quantitative estimate of drug-likeness (QED) is 0.0870. The summed E-state index contributed by atoms with van der Waals surface area (Å²) in [6.07, 6.45) is 2.70. The van der Waals surface area contributed by atoms with Crippen LogP contribution in [0, 0.1) is 5.92 Å². The highest BCUT2D eigenvalue weighted by Gasteiger charge is 2.30. The highest BCUT2D eigenvalue weighted by atomic mass is 16.4. The fraction of sp³-hybridized carbons (Fsp3) is 0.783. The molecule has 0 aliphatic carbocycles. The van der Waals surface area contributed by atoms with Crippen LogP contribution in [0.5, 0.6) is 0 Å². The van der Waals surface area contributed by atoms with E-state index in [2.05, 4.69) is 16.0 Å². The topological polar surface area (TPSA) is 246 Å². The SMILES string of the molecule is CC(C)CC(N)C(=O)NC(CCCCN)C(=O)NC(CCC(N)=O)C(=O)NC(CCCCN)C(=O)O. The van der Waals surface area contributed by atoms with Crippen LogP contribution in [0.3, 0.4) is 0 Å². The van der Waals surface area contributed by atoms with Gasteiger partial charge < -0.3 is 44.0 Å². The lowest BCUT2D eigenvalue weighted by Crippen LogP contribution is -2.57. The van der Waals surface area contributed by atoms with Gasteiger partial charge in [-0.15, -0.1) is 0 Å². The van der Waals surface area contributed by atoms with Crippen LogP contribution >= 0.6 is 0 Å². The molecule has 13 heteroatoms. The predicted molar refractivity (Wildman–Crippen MR) is 135 cm³/mol. The summed E-state index contributed by atoms with van der Waals surface area (Å²) >= 11 is 0. The van der Waals surface area contributed by atoms with Crippen molar-refractivity contribution in [2.75, 3.05) is 13.1 Å². The van der Waals surface area contributed by atoms with Crippen molar-refractivity contribution >= 4 is 29.6 Å². The summed E-state index contributed by atoms with van der Waals surface area (Å²) in [5, 5.41) is 17.0. The Bertz CT molecular complexity index is 719. The molecule has 36 heavy (non-hydrogen) atoms. The van der Waals surface area contributed by atoms with E-state index in [4.69, 9.17) is 22.9 Å². The molecule has 208 valence electrons. The summed E-state index contributed by atoms with van der Waals surface area (Å²) in [4.78, 5) is 61.4. The number of aliphatic carboxylic acids is 1. The van der Waals surface area contributed by atoms with Gasteiger partial charge in [0.25, 0.3) is 0 Å². The first kappa shape index (κ1) is 33.2. The average molecular weight is 516 g/mol. The zero-order valence-electron chi connectivity index (χ0n) is 21.5. The van der Waals surface area contributed by atoms with Gasteiger partial charge in [0.15, 0.2) is 0 Å². The van der Waals surface area contributed by atoms with E-state index in [9.17, 15) is 29.1 Å². The van der Waals surface area contributed by atoms with Crippen LogP contribution in [0.2, 0.25) is 0 Å². The van der Waals surface area contributed by atoms with Crippen LogP contribution in [0.25, 0.3) is 0 Å². The van der Waals surface area contributed by atoms with E-state index in [1.165, 1.54) is 0 Å². The van der Waals surface area contributed by atoms with Crippen LogP contribution in [0.4, 0.5) is 0 Å². The number of hydrogen-bond acceptors (Lipinski definition) is 8. The molecule has 0 fully saturated rings. The summed E-state index contributed by atoms with van der Waals surface area (Å²) in [7, 11) is 0. The Morgan fingerprint density at radius 3 is 1.61 bits per heavy atom. The molecule has 0 saturated carbocycles. The van der Waals surface area contributed by atoms with Crippen LogP contribution in [-0.2, 0) is 24.0 Å². The molecule has 0 spiro atoms. The van der Waals surface area contributed by atoms with E-state index in [1.54, 1.807) is 0 Å². The first-order chi connectivity index (χ1) is 16.9. The molecule has 0 aromatic rings. The molecule has 0 aromatic heterocycles. The molecule has 12 N–H and O–H groups in total. The van der Waals surface area contributed by atoms with E-state index >= 15 is 0 Å². The molecule has 0 saturated heterocycles. The fourth-order valence-electron chi connectivity index (χ4n) is 3.51. The van der Waals surface area contributed by atoms with E-state index < -0.39 is 53.8 Å². The Labute approximate surface area is 212 Å². The van der Waals surface area contributed by atoms with Gasteiger partial charge in [0.05, 0.1) is 6.04 Å². The van der Waals surface area contributed by atoms with Crippen molar-refractivity contribution in [2.24, 2.45) is 28.9 Å².